The molecule has 0 heterocycles. The standard InChI is InChI=1S/C12H15FO4/c1-12(2,3)17-11(14)16-8-5-6-9(13)10(7-8)15-4/h5-7H,1-4H3. The number of methoxy groups -OCH3 is 1. The normalized spacial score (nSPS) is 10.9. The lowest BCUT2D eigenvalue weighted by Gasteiger charge is -2.18. The van der Waals surface area contributed by atoms with Crippen LogP contribution >= 0.6 is 0 Å². The van der Waals surface area contributed by atoms with Crippen LogP contribution in [0.3, 0.4) is 0 Å². The van der Waals surface area contributed by atoms with Crippen molar-refractivity contribution in [1.82, 2.24) is 0 Å². The second-order valence-corrected chi connectivity index (χ2v) is 4.36. The topological polar surface area (TPSA) is 44.8 Å². The van der Waals surface area contributed by atoms with Gasteiger partial charge < -0.3 is 14.2 Å². The molecule has 94 valence electrons. The summed E-state index contributed by atoms with van der Waals surface area (Å²) < 4.78 is 27.7. The third-order valence-electron chi connectivity index (χ3n) is 1.71. The Labute approximate surface area is 99.3 Å². The molecule has 0 atom stereocenters. The highest BCUT2D eigenvalue weighted by atomic mass is 19.1. The Morgan fingerprint density at radius 1 is 1.29 bits per heavy atom. The number of rotatable bonds is 2. The molecule has 1 rings (SSSR count). The van der Waals surface area contributed by atoms with Gasteiger partial charge in [0.25, 0.3) is 0 Å². The van der Waals surface area contributed by atoms with Crippen molar-refractivity contribution in [2.24, 2.45) is 0 Å². The van der Waals surface area contributed by atoms with Crippen molar-refractivity contribution >= 4 is 6.16 Å². The van der Waals surface area contributed by atoms with Gasteiger partial charge >= 0.3 is 6.16 Å². The van der Waals surface area contributed by atoms with Gasteiger partial charge in [0.15, 0.2) is 11.6 Å². The number of ether oxygens (including phenoxy) is 3. The Hall–Kier alpha value is -1.78. The van der Waals surface area contributed by atoms with Gasteiger partial charge in [-0.05, 0) is 32.9 Å². The van der Waals surface area contributed by atoms with E-state index < -0.39 is 17.6 Å². The first kappa shape index (κ1) is 13.3. The minimum absolute atomic E-state index is 0.00561. The Morgan fingerprint density at radius 3 is 2.47 bits per heavy atom. The summed E-state index contributed by atoms with van der Waals surface area (Å²) >= 11 is 0. The molecular formula is C12H15FO4. The Kier molecular flexibility index (Phi) is 3.93. The predicted octanol–water partition coefficient (Wildman–Crippen LogP) is 3.15. The zero-order valence-corrected chi connectivity index (χ0v) is 10.2. The summed E-state index contributed by atoms with van der Waals surface area (Å²) in [6.07, 6.45) is -0.842. The van der Waals surface area contributed by atoms with Crippen molar-refractivity contribution in [3.8, 4) is 11.5 Å². The van der Waals surface area contributed by atoms with Crippen molar-refractivity contribution in [3.05, 3.63) is 24.0 Å². The van der Waals surface area contributed by atoms with Crippen LogP contribution < -0.4 is 9.47 Å². The lowest BCUT2D eigenvalue weighted by atomic mass is 10.2. The third-order valence-corrected chi connectivity index (χ3v) is 1.71. The van der Waals surface area contributed by atoms with Gasteiger partial charge in [0.05, 0.1) is 7.11 Å². The lowest BCUT2D eigenvalue weighted by Crippen LogP contribution is -2.25. The molecule has 0 bridgehead atoms. The fourth-order valence-electron chi connectivity index (χ4n) is 1.07. The summed E-state index contributed by atoms with van der Waals surface area (Å²) in [6, 6.07) is 3.75. The van der Waals surface area contributed by atoms with Crippen molar-refractivity contribution < 1.29 is 23.4 Å². The summed E-state index contributed by atoms with van der Waals surface area (Å²) in [5.74, 6) is -0.354. The number of halogens is 1. The summed E-state index contributed by atoms with van der Waals surface area (Å²) in [7, 11) is 1.33. The fraction of sp³-hybridized carbons (Fsp3) is 0.417. The highest BCUT2D eigenvalue weighted by Gasteiger charge is 2.18. The van der Waals surface area contributed by atoms with Gasteiger partial charge in [0.2, 0.25) is 0 Å². The second kappa shape index (κ2) is 5.03. The smallest absolute Gasteiger partial charge is 0.494 e. The predicted molar refractivity (Wildman–Crippen MR) is 59.8 cm³/mol. The maximum absolute atomic E-state index is 13.1. The molecule has 0 saturated carbocycles. The van der Waals surface area contributed by atoms with E-state index in [0.717, 1.165) is 6.07 Å². The number of carbonyl (C=O) groups excluding carboxylic acids is 1. The summed E-state index contributed by atoms with van der Waals surface area (Å²) in [6.45, 7) is 5.17. The molecule has 0 saturated heterocycles. The third kappa shape index (κ3) is 4.30. The van der Waals surface area contributed by atoms with Gasteiger partial charge in [-0.3, -0.25) is 0 Å². The average Bonchev–Trinajstić information content (AvgIpc) is 2.18. The molecule has 0 unspecified atom stereocenters. The minimum Gasteiger partial charge on any atom is -0.494 e. The summed E-state index contributed by atoms with van der Waals surface area (Å²) in [5, 5.41) is 0. The van der Waals surface area contributed by atoms with Crippen LogP contribution in [-0.2, 0) is 4.74 Å². The van der Waals surface area contributed by atoms with E-state index in [2.05, 4.69) is 0 Å². The number of benzene rings is 1. The molecule has 0 aliphatic heterocycles. The summed E-state index contributed by atoms with van der Waals surface area (Å²) in [4.78, 5) is 11.3. The Balaban J connectivity index is 2.72. The molecule has 0 aromatic heterocycles. The van der Waals surface area contributed by atoms with Crippen molar-refractivity contribution in [2.75, 3.05) is 7.11 Å². The first-order chi connectivity index (χ1) is 7.81. The van der Waals surface area contributed by atoms with Gasteiger partial charge in [-0.1, -0.05) is 0 Å². The molecule has 4 nitrogen and oxygen atoms in total. The van der Waals surface area contributed by atoms with Gasteiger partial charge in [-0.25, -0.2) is 9.18 Å². The van der Waals surface area contributed by atoms with Crippen molar-refractivity contribution in [1.29, 1.82) is 0 Å². The largest absolute Gasteiger partial charge is 0.514 e. The molecule has 0 spiro atoms. The zero-order chi connectivity index (χ0) is 13.1. The van der Waals surface area contributed by atoms with Crippen molar-refractivity contribution in [3.63, 3.8) is 0 Å². The van der Waals surface area contributed by atoms with E-state index in [1.165, 1.54) is 19.2 Å². The van der Waals surface area contributed by atoms with E-state index in [-0.39, 0.29) is 11.5 Å². The first-order valence-electron chi connectivity index (χ1n) is 5.06. The van der Waals surface area contributed by atoms with Crippen LogP contribution in [0.25, 0.3) is 0 Å². The summed E-state index contributed by atoms with van der Waals surface area (Å²) in [5.41, 5.74) is -0.638. The van der Waals surface area contributed by atoms with Gasteiger partial charge in [0.1, 0.15) is 11.4 Å². The van der Waals surface area contributed by atoms with Crippen molar-refractivity contribution in [2.45, 2.75) is 26.4 Å². The fourth-order valence-corrected chi connectivity index (χ4v) is 1.07. The van der Waals surface area contributed by atoms with E-state index in [9.17, 15) is 9.18 Å². The molecule has 17 heavy (non-hydrogen) atoms. The molecule has 0 N–H and O–H groups in total. The molecule has 0 amide bonds. The SMILES string of the molecule is COc1cc(OC(=O)OC(C)(C)C)ccc1F. The lowest BCUT2D eigenvalue weighted by molar-refractivity contribution is 0.0206. The Bertz CT molecular complexity index is 409. The molecule has 1 aromatic carbocycles. The van der Waals surface area contributed by atoms with Gasteiger partial charge in [0, 0.05) is 6.07 Å². The maximum Gasteiger partial charge on any atom is 0.514 e. The number of hydrogen-bond donors (Lipinski definition) is 0. The molecule has 5 heteroatoms. The van der Waals surface area contributed by atoms with E-state index in [4.69, 9.17) is 14.2 Å². The molecule has 0 radical (unpaired) electrons. The molecule has 1 aromatic rings. The number of hydrogen-bond acceptors (Lipinski definition) is 4. The van der Waals surface area contributed by atoms with Crippen LogP contribution in [0.5, 0.6) is 11.5 Å². The van der Waals surface area contributed by atoms with E-state index in [1.54, 1.807) is 20.8 Å². The Morgan fingerprint density at radius 2 is 1.94 bits per heavy atom. The van der Waals surface area contributed by atoms with Crippen LogP contribution in [0.15, 0.2) is 18.2 Å². The van der Waals surface area contributed by atoms with Crippen LogP contribution in [0.4, 0.5) is 9.18 Å². The monoisotopic (exact) mass is 242 g/mol. The van der Waals surface area contributed by atoms with Crippen LogP contribution in [0.1, 0.15) is 20.8 Å². The molecular weight excluding hydrogens is 227 g/mol. The van der Waals surface area contributed by atoms with Crippen LogP contribution in [0.2, 0.25) is 0 Å². The zero-order valence-electron chi connectivity index (χ0n) is 10.2. The molecule has 0 aliphatic carbocycles. The van der Waals surface area contributed by atoms with E-state index >= 15 is 0 Å². The van der Waals surface area contributed by atoms with Gasteiger partial charge in [-0.2, -0.15) is 0 Å². The second-order valence-electron chi connectivity index (χ2n) is 4.36. The van der Waals surface area contributed by atoms with E-state index in [1.807, 2.05) is 0 Å². The van der Waals surface area contributed by atoms with Crippen LogP contribution in [0, 0.1) is 5.82 Å². The quantitative estimate of drug-likeness (QED) is 0.590. The minimum atomic E-state index is -0.842. The van der Waals surface area contributed by atoms with Gasteiger partial charge in [-0.15, -0.1) is 0 Å². The first-order valence-corrected chi connectivity index (χ1v) is 5.06. The van der Waals surface area contributed by atoms with Crippen LogP contribution in [-0.4, -0.2) is 18.9 Å². The maximum atomic E-state index is 13.1. The average molecular weight is 242 g/mol. The molecule has 0 aliphatic rings. The van der Waals surface area contributed by atoms with E-state index in [0.29, 0.717) is 0 Å². The highest BCUT2D eigenvalue weighted by Crippen LogP contribution is 2.23. The molecule has 0 fully saturated rings. The highest BCUT2D eigenvalue weighted by molar-refractivity contribution is 5.64. The number of carbonyl (C=O) groups is 1.